The largest absolute Gasteiger partial charge is 0.344 e. The number of carbonyl (C=O) groups excluding carboxylic acids is 2. The fraction of sp³-hybridized carbons (Fsp3) is 0.652. The van der Waals surface area contributed by atoms with Gasteiger partial charge in [0.1, 0.15) is 6.04 Å². The topological polar surface area (TPSA) is 52.7 Å². The first kappa shape index (κ1) is 22.4. The molecular formula is C23H37N3O2. The van der Waals surface area contributed by atoms with E-state index < -0.39 is 6.04 Å². The van der Waals surface area contributed by atoms with Gasteiger partial charge in [0.15, 0.2) is 0 Å². The zero-order chi connectivity index (χ0) is 20.7. The lowest BCUT2D eigenvalue weighted by Crippen LogP contribution is -2.54. The Bertz CT molecular complexity index is 635. The molecule has 1 atom stereocenters. The second-order valence-electron chi connectivity index (χ2n) is 9.13. The number of hydrogen-bond acceptors (Lipinski definition) is 3. The second-order valence-corrected chi connectivity index (χ2v) is 9.13. The van der Waals surface area contributed by atoms with Crippen molar-refractivity contribution < 1.29 is 9.59 Å². The number of nitrogens with zero attached hydrogens (tertiary/aromatic N) is 2. The van der Waals surface area contributed by atoms with Gasteiger partial charge in [0.2, 0.25) is 11.8 Å². The Hall–Kier alpha value is -1.88. The van der Waals surface area contributed by atoms with Gasteiger partial charge in [0, 0.05) is 32.6 Å². The van der Waals surface area contributed by atoms with E-state index in [9.17, 15) is 9.59 Å². The van der Waals surface area contributed by atoms with E-state index in [4.69, 9.17) is 0 Å². The van der Waals surface area contributed by atoms with Crippen molar-refractivity contribution in [2.24, 2.45) is 5.92 Å². The van der Waals surface area contributed by atoms with Gasteiger partial charge in [-0.2, -0.15) is 0 Å². The summed E-state index contributed by atoms with van der Waals surface area (Å²) < 4.78 is 0. The van der Waals surface area contributed by atoms with Crippen LogP contribution in [0.2, 0.25) is 0 Å². The zero-order valence-electron chi connectivity index (χ0n) is 18.2. The molecule has 0 radical (unpaired) electrons. The Morgan fingerprint density at radius 1 is 1.07 bits per heavy atom. The minimum atomic E-state index is -0.421. The molecule has 2 rings (SSSR count). The highest BCUT2D eigenvalue weighted by Gasteiger charge is 2.29. The van der Waals surface area contributed by atoms with Gasteiger partial charge in [0.05, 0.1) is 0 Å². The summed E-state index contributed by atoms with van der Waals surface area (Å²) in [5.41, 5.74) is 1.16. The molecule has 2 amide bonds. The van der Waals surface area contributed by atoms with Gasteiger partial charge >= 0.3 is 0 Å². The normalized spacial score (nSPS) is 16.9. The predicted octanol–water partition coefficient (Wildman–Crippen LogP) is 3.05. The van der Waals surface area contributed by atoms with Crippen molar-refractivity contribution in [1.29, 1.82) is 0 Å². The molecule has 0 bridgehead atoms. The molecule has 28 heavy (non-hydrogen) atoms. The van der Waals surface area contributed by atoms with Crippen molar-refractivity contribution in [3.8, 4) is 0 Å². The maximum atomic E-state index is 13.0. The van der Waals surface area contributed by atoms with Crippen molar-refractivity contribution >= 4 is 11.8 Å². The van der Waals surface area contributed by atoms with Crippen LogP contribution in [0.4, 0.5) is 0 Å². The third-order valence-electron chi connectivity index (χ3n) is 5.69. The Kier molecular flexibility index (Phi) is 8.05. The molecule has 1 N–H and O–H groups in total. The van der Waals surface area contributed by atoms with Crippen LogP contribution in [0.1, 0.15) is 52.5 Å². The Labute approximate surface area is 170 Å². The van der Waals surface area contributed by atoms with Crippen LogP contribution >= 0.6 is 0 Å². The summed E-state index contributed by atoms with van der Waals surface area (Å²) in [4.78, 5) is 29.8. The zero-order valence-corrected chi connectivity index (χ0v) is 18.2. The van der Waals surface area contributed by atoms with E-state index in [-0.39, 0.29) is 17.2 Å². The summed E-state index contributed by atoms with van der Waals surface area (Å²) >= 11 is 0. The molecule has 1 heterocycles. The smallest absolute Gasteiger partial charge is 0.245 e. The van der Waals surface area contributed by atoms with E-state index in [0.717, 1.165) is 32.6 Å². The maximum absolute atomic E-state index is 13.0. The van der Waals surface area contributed by atoms with Crippen molar-refractivity contribution in [3.63, 3.8) is 0 Å². The fourth-order valence-corrected chi connectivity index (χ4v) is 3.67. The van der Waals surface area contributed by atoms with Crippen LogP contribution in [-0.4, -0.2) is 60.9 Å². The summed E-state index contributed by atoms with van der Waals surface area (Å²) in [6.45, 7) is 11.8. The summed E-state index contributed by atoms with van der Waals surface area (Å²) in [7, 11) is 2.07. The van der Waals surface area contributed by atoms with E-state index in [1.165, 1.54) is 5.56 Å². The minimum absolute atomic E-state index is 0.0304. The summed E-state index contributed by atoms with van der Waals surface area (Å²) in [5.74, 6) is 0.386. The molecule has 0 aromatic heterocycles. The molecule has 1 saturated heterocycles. The van der Waals surface area contributed by atoms with Crippen molar-refractivity contribution in [1.82, 2.24) is 15.1 Å². The van der Waals surface area contributed by atoms with Crippen LogP contribution < -0.4 is 5.32 Å². The standard InChI is InChI=1S/C23H37N3O2/c1-18(2)17-20(22(28)26-15-13-25(5)14-16-26)24-21(27)11-12-23(3,4)19-9-7-6-8-10-19/h6-10,18,20H,11-17H2,1-5H3,(H,24,27)/t20-/m1/s1. The molecule has 0 saturated carbocycles. The maximum Gasteiger partial charge on any atom is 0.245 e. The minimum Gasteiger partial charge on any atom is -0.344 e. The Morgan fingerprint density at radius 2 is 1.68 bits per heavy atom. The number of hydrogen-bond donors (Lipinski definition) is 1. The quantitative estimate of drug-likeness (QED) is 0.746. The van der Waals surface area contributed by atoms with Crippen LogP contribution in [0, 0.1) is 5.92 Å². The van der Waals surface area contributed by atoms with Crippen LogP contribution in [0.3, 0.4) is 0 Å². The molecule has 0 aliphatic carbocycles. The van der Waals surface area contributed by atoms with E-state index >= 15 is 0 Å². The van der Waals surface area contributed by atoms with Gasteiger partial charge in [-0.3, -0.25) is 9.59 Å². The number of piperazine rings is 1. The molecule has 1 fully saturated rings. The third-order valence-corrected chi connectivity index (χ3v) is 5.69. The molecule has 1 aliphatic rings. The number of likely N-dealkylation sites (N-methyl/N-ethyl adjacent to an activating group) is 1. The van der Waals surface area contributed by atoms with Gasteiger partial charge in [0.25, 0.3) is 0 Å². The SMILES string of the molecule is CC(C)C[C@@H](NC(=O)CCC(C)(C)c1ccccc1)C(=O)N1CCN(C)CC1. The number of amides is 2. The van der Waals surface area contributed by atoms with Gasteiger partial charge < -0.3 is 15.1 Å². The lowest BCUT2D eigenvalue weighted by atomic mass is 9.80. The van der Waals surface area contributed by atoms with E-state index in [1.807, 2.05) is 23.1 Å². The van der Waals surface area contributed by atoms with Crippen LogP contribution in [-0.2, 0) is 15.0 Å². The van der Waals surface area contributed by atoms with E-state index in [2.05, 4.69) is 57.1 Å². The number of benzene rings is 1. The second kappa shape index (κ2) is 10.1. The van der Waals surface area contributed by atoms with Gasteiger partial charge in [-0.25, -0.2) is 0 Å². The monoisotopic (exact) mass is 387 g/mol. The van der Waals surface area contributed by atoms with E-state index in [1.54, 1.807) is 0 Å². The van der Waals surface area contributed by atoms with Crippen molar-refractivity contribution in [3.05, 3.63) is 35.9 Å². The fourth-order valence-electron chi connectivity index (χ4n) is 3.67. The highest BCUT2D eigenvalue weighted by molar-refractivity contribution is 5.87. The Morgan fingerprint density at radius 3 is 2.25 bits per heavy atom. The molecule has 5 nitrogen and oxygen atoms in total. The summed E-state index contributed by atoms with van der Waals surface area (Å²) in [6, 6.07) is 9.87. The van der Waals surface area contributed by atoms with Crippen LogP contribution in [0.5, 0.6) is 0 Å². The average Bonchev–Trinajstić information content (AvgIpc) is 2.66. The Balaban J connectivity index is 1.94. The summed E-state index contributed by atoms with van der Waals surface area (Å²) in [6.07, 6.45) is 1.85. The predicted molar refractivity (Wildman–Crippen MR) is 114 cm³/mol. The molecule has 1 aromatic rings. The molecule has 156 valence electrons. The number of carbonyl (C=O) groups is 2. The first-order chi connectivity index (χ1) is 13.2. The number of rotatable bonds is 8. The molecule has 5 heteroatoms. The highest BCUT2D eigenvalue weighted by atomic mass is 16.2. The first-order valence-electron chi connectivity index (χ1n) is 10.5. The number of nitrogens with one attached hydrogen (secondary N) is 1. The van der Waals surface area contributed by atoms with Crippen LogP contribution in [0.25, 0.3) is 0 Å². The van der Waals surface area contributed by atoms with Crippen LogP contribution in [0.15, 0.2) is 30.3 Å². The van der Waals surface area contributed by atoms with Gasteiger partial charge in [-0.1, -0.05) is 58.0 Å². The molecule has 1 aliphatic heterocycles. The lowest BCUT2D eigenvalue weighted by molar-refractivity contribution is -0.138. The molecule has 0 spiro atoms. The van der Waals surface area contributed by atoms with Gasteiger partial charge in [-0.15, -0.1) is 0 Å². The third kappa shape index (κ3) is 6.62. The van der Waals surface area contributed by atoms with Crippen molar-refractivity contribution in [2.45, 2.75) is 58.4 Å². The summed E-state index contributed by atoms with van der Waals surface area (Å²) in [5, 5.41) is 3.04. The van der Waals surface area contributed by atoms with E-state index in [0.29, 0.717) is 18.8 Å². The first-order valence-corrected chi connectivity index (χ1v) is 10.5. The highest BCUT2D eigenvalue weighted by Crippen LogP contribution is 2.28. The molecule has 1 aromatic carbocycles. The molecular weight excluding hydrogens is 350 g/mol. The van der Waals surface area contributed by atoms with Crippen molar-refractivity contribution in [2.75, 3.05) is 33.2 Å². The lowest BCUT2D eigenvalue weighted by Gasteiger charge is -2.35. The molecule has 0 unspecified atom stereocenters. The average molecular weight is 388 g/mol. The van der Waals surface area contributed by atoms with Gasteiger partial charge in [-0.05, 0) is 36.8 Å².